The molecule has 1 nitrogen and oxygen atoms in total. The maximum absolute atomic E-state index is 14.1. The Hall–Kier alpha value is -1.82. The fourth-order valence-electron chi connectivity index (χ4n) is 3.53. The SMILES string of the molecule is CCC(C)c1cc(C)c(OC)c(CSCCC(F)(F)C(F)(F)C(F)(F)C(F)(F)C(F)(F)C(F)(F)C(F)(F)C(F)(F)F)c1. The number of benzene rings is 1. The lowest BCUT2D eigenvalue weighted by Gasteiger charge is -2.42. The minimum absolute atomic E-state index is 0.0214. The summed E-state index contributed by atoms with van der Waals surface area (Å²) in [5.74, 6) is -57.5. The molecule has 246 valence electrons. The molecule has 0 amide bonds. The van der Waals surface area contributed by atoms with E-state index in [1.807, 2.05) is 13.8 Å². The predicted molar refractivity (Wildman–Crippen MR) is 118 cm³/mol. The van der Waals surface area contributed by atoms with E-state index in [-0.39, 0.29) is 17.4 Å². The molecule has 0 saturated heterocycles. The third kappa shape index (κ3) is 6.08. The van der Waals surface area contributed by atoms with Crippen molar-refractivity contribution in [3.63, 3.8) is 0 Å². The van der Waals surface area contributed by atoms with Crippen molar-refractivity contribution in [2.24, 2.45) is 0 Å². The Kier molecular flexibility index (Phi) is 10.9. The van der Waals surface area contributed by atoms with Crippen molar-refractivity contribution in [3.8, 4) is 5.75 Å². The second-order valence-corrected chi connectivity index (χ2v) is 10.4. The zero-order valence-corrected chi connectivity index (χ0v) is 22.6. The molecule has 0 bridgehead atoms. The van der Waals surface area contributed by atoms with E-state index in [0.717, 1.165) is 5.56 Å². The van der Waals surface area contributed by atoms with Gasteiger partial charge in [-0.3, -0.25) is 0 Å². The van der Waals surface area contributed by atoms with E-state index in [9.17, 15) is 74.6 Å². The first-order valence-electron chi connectivity index (χ1n) is 11.5. The molecule has 0 saturated carbocycles. The minimum Gasteiger partial charge on any atom is -0.496 e. The fraction of sp³-hybridized carbons (Fsp3) is 0.739. The van der Waals surface area contributed by atoms with Gasteiger partial charge in [-0.05, 0) is 36.1 Å². The second-order valence-electron chi connectivity index (χ2n) is 9.29. The minimum atomic E-state index is -8.62. The Morgan fingerprint density at radius 3 is 1.52 bits per heavy atom. The molecule has 19 heteroatoms. The van der Waals surface area contributed by atoms with Gasteiger partial charge in [-0.1, -0.05) is 26.0 Å². The van der Waals surface area contributed by atoms with Crippen LogP contribution in [0.1, 0.15) is 49.3 Å². The van der Waals surface area contributed by atoms with Crippen molar-refractivity contribution < 1.29 is 79.4 Å². The molecule has 1 aromatic carbocycles. The highest BCUT2D eigenvalue weighted by molar-refractivity contribution is 7.98. The summed E-state index contributed by atoms with van der Waals surface area (Å²) in [5, 5.41) is 0. The summed E-state index contributed by atoms with van der Waals surface area (Å²) in [6.07, 6.45) is -9.59. The maximum atomic E-state index is 14.1. The first-order chi connectivity index (χ1) is 18.5. The van der Waals surface area contributed by atoms with Crippen molar-refractivity contribution in [2.75, 3.05) is 12.9 Å². The van der Waals surface area contributed by atoms with Crippen LogP contribution in [0.4, 0.5) is 74.6 Å². The van der Waals surface area contributed by atoms with Gasteiger partial charge in [0, 0.05) is 17.7 Å². The third-order valence-corrected chi connectivity index (χ3v) is 7.37. The third-order valence-electron chi connectivity index (χ3n) is 6.36. The van der Waals surface area contributed by atoms with Crippen LogP contribution in [0.3, 0.4) is 0 Å². The van der Waals surface area contributed by atoms with E-state index in [0.29, 0.717) is 29.3 Å². The summed E-state index contributed by atoms with van der Waals surface area (Å²) < 4.78 is 233. The molecule has 1 unspecified atom stereocenters. The molecule has 0 aliphatic heterocycles. The molecule has 0 heterocycles. The number of rotatable bonds is 14. The van der Waals surface area contributed by atoms with Gasteiger partial charge in [0.15, 0.2) is 0 Å². The topological polar surface area (TPSA) is 9.23 Å². The van der Waals surface area contributed by atoms with Crippen LogP contribution in [-0.4, -0.2) is 60.5 Å². The van der Waals surface area contributed by atoms with E-state index in [4.69, 9.17) is 4.74 Å². The predicted octanol–water partition coefficient (Wildman–Crippen LogP) is 10.1. The summed E-state index contributed by atoms with van der Waals surface area (Å²) in [5.41, 5.74) is 1.59. The van der Waals surface area contributed by atoms with Crippen molar-refractivity contribution in [3.05, 3.63) is 28.8 Å². The Bertz CT molecular complexity index is 1080. The fourth-order valence-corrected chi connectivity index (χ4v) is 4.51. The number of methoxy groups -OCH3 is 1. The van der Waals surface area contributed by atoms with Gasteiger partial charge in [0.05, 0.1) is 7.11 Å². The smallest absolute Gasteiger partial charge is 0.460 e. The molecular weight excluding hydrogens is 647 g/mol. The normalized spacial score (nSPS) is 15.6. The molecule has 0 spiro atoms. The zero-order valence-electron chi connectivity index (χ0n) is 21.8. The number of aryl methyl sites for hydroxylation is 1. The quantitative estimate of drug-likeness (QED) is 0.144. The van der Waals surface area contributed by atoms with Crippen molar-refractivity contribution in [2.45, 2.75) is 92.9 Å². The molecule has 1 atom stereocenters. The van der Waals surface area contributed by atoms with Crippen LogP contribution >= 0.6 is 11.8 Å². The highest BCUT2D eigenvalue weighted by atomic mass is 32.2. The first kappa shape index (κ1) is 38.2. The van der Waals surface area contributed by atoms with E-state index in [1.165, 1.54) is 7.11 Å². The molecule has 0 fully saturated rings. The Labute approximate surface area is 232 Å². The number of hydrogen-bond acceptors (Lipinski definition) is 2. The van der Waals surface area contributed by atoms with Crippen LogP contribution in [0.2, 0.25) is 0 Å². The molecule has 0 radical (unpaired) electrons. The van der Waals surface area contributed by atoms with Crippen LogP contribution < -0.4 is 4.74 Å². The number of hydrogen-bond donors (Lipinski definition) is 0. The van der Waals surface area contributed by atoms with Crippen LogP contribution in [0.15, 0.2) is 12.1 Å². The lowest BCUT2D eigenvalue weighted by Crippen LogP contribution is -2.74. The second kappa shape index (κ2) is 11.9. The first-order valence-corrected chi connectivity index (χ1v) is 12.7. The van der Waals surface area contributed by atoms with Gasteiger partial charge in [-0.2, -0.15) is 86.4 Å². The summed E-state index contributed by atoms with van der Waals surface area (Å²) in [6, 6.07) is 3.27. The number of thioether (sulfide) groups is 1. The van der Waals surface area contributed by atoms with Crippen LogP contribution in [-0.2, 0) is 5.75 Å². The van der Waals surface area contributed by atoms with Gasteiger partial charge in [0.2, 0.25) is 0 Å². The zero-order chi connectivity index (χ0) is 33.5. The molecule has 42 heavy (non-hydrogen) atoms. The van der Waals surface area contributed by atoms with Gasteiger partial charge in [-0.15, -0.1) is 0 Å². The lowest BCUT2D eigenvalue weighted by molar-refractivity contribution is -0.461. The average Bonchev–Trinajstić information content (AvgIpc) is 2.84. The van der Waals surface area contributed by atoms with Gasteiger partial charge in [0.25, 0.3) is 0 Å². The average molecular weight is 670 g/mol. The molecule has 0 aliphatic carbocycles. The summed E-state index contributed by atoms with van der Waals surface area (Å²) in [7, 11) is 1.22. The molecular formula is C23H23F17OS. The van der Waals surface area contributed by atoms with Gasteiger partial charge < -0.3 is 4.74 Å². The number of halogens is 17. The van der Waals surface area contributed by atoms with Gasteiger partial charge in [0.1, 0.15) is 5.75 Å². The number of ether oxygens (including phenoxy) is 1. The van der Waals surface area contributed by atoms with Crippen LogP contribution in [0.5, 0.6) is 5.75 Å². The molecule has 0 aromatic heterocycles. The monoisotopic (exact) mass is 670 g/mol. The Balaban J connectivity index is 3.29. The number of alkyl halides is 17. The molecule has 1 rings (SSSR count). The van der Waals surface area contributed by atoms with Gasteiger partial charge in [-0.25, -0.2) is 0 Å². The summed E-state index contributed by atoms with van der Waals surface area (Å²) >= 11 is 0.332. The van der Waals surface area contributed by atoms with Crippen LogP contribution in [0.25, 0.3) is 0 Å². The van der Waals surface area contributed by atoms with E-state index in [1.54, 1.807) is 19.1 Å². The Morgan fingerprint density at radius 2 is 1.12 bits per heavy atom. The van der Waals surface area contributed by atoms with E-state index in [2.05, 4.69) is 0 Å². The van der Waals surface area contributed by atoms with Crippen molar-refractivity contribution in [1.82, 2.24) is 0 Å². The molecule has 1 aromatic rings. The largest absolute Gasteiger partial charge is 0.496 e. The summed E-state index contributed by atoms with van der Waals surface area (Å²) in [4.78, 5) is 0. The van der Waals surface area contributed by atoms with E-state index >= 15 is 0 Å². The lowest BCUT2D eigenvalue weighted by atomic mass is 9.88. The van der Waals surface area contributed by atoms with E-state index < -0.39 is 59.8 Å². The standard InChI is InChI=1S/C23H23F17OS/c1-5-11(2)13-8-12(3)15(41-4)14(9-13)10-42-7-6-16(24,25)17(26,27)18(28,29)19(30,31)20(32,33)21(34,35)22(36,37)23(38,39)40/h8-9,11H,5-7,10H2,1-4H3. The summed E-state index contributed by atoms with van der Waals surface area (Å²) in [6.45, 7) is 5.25. The van der Waals surface area contributed by atoms with Gasteiger partial charge >= 0.3 is 47.6 Å². The van der Waals surface area contributed by atoms with Crippen molar-refractivity contribution in [1.29, 1.82) is 0 Å². The van der Waals surface area contributed by atoms with Crippen LogP contribution in [0, 0.1) is 6.92 Å². The Morgan fingerprint density at radius 1 is 0.690 bits per heavy atom. The molecule has 0 aliphatic rings. The highest BCUT2D eigenvalue weighted by Gasteiger charge is 2.95. The van der Waals surface area contributed by atoms with Crippen molar-refractivity contribution >= 4 is 11.8 Å². The highest BCUT2D eigenvalue weighted by Crippen LogP contribution is 2.64. The molecule has 0 N–H and O–H groups in total. The maximum Gasteiger partial charge on any atom is 0.460 e.